The Labute approximate surface area is 113 Å². The van der Waals surface area contributed by atoms with Gasteiger partial charge in [-0.3, -0.25) is 9.80 Å². The Morgan fingerprint density at radius 2 is 2.06 bits per heavy atom. The van der Waals surface area contributed by atoms with Crippen LogP contribution in [0.2, 0.25) is 0 Å². The Morgan fingerprint density at radius 1 is 1.38 bits per heavy atom. The Hall–Kier alpha value is -0.230. The van der Waals surface area contributed by atoms with Crippen LogP contribution in [-0.4, -0.2) is 47.5 Å². The van der Waals surface area contributed by atoms with Gasteiger partial charge in [0, 0.05) is 26.2 Å². The largest absolute Gasteiger partial charge is 0.294 e. The summed E-state index contributed by atoms with van der Waals surface area (Å²) in [5.74, 6) is 0. The van der Waals surface area contributed by atoms with Gasteiger partial charge in [0.2, 0.25) is 0 Å². The van der Waals surface area contributed by atoms with Gasteiger partial charge in [0.15, 0.2) is 0 Å². The molecule has 1 fully saturated rings. The number of hydrogen-bond acceptors (Lipinski definition) is 5. The fourth-order valence-electron chi connectivity index (χ4n) is 1.76. The monoisotopic (exact) mass is 348 g/mol. The number of hydrogen-bond donors (Lipinski definition) is 0. The average Bonchev–Trinajstić information content (AvgIpc) is 2.67. The summed E-state index contributed by atoms with van der Waals surface area (Å²) in [6.45, 7) is 5.58. The second-order valence-corrected chi connectivity index (χ2v) is 6.78. The number of thiazole rings is 1. The summed E-state index contributed by atoms with van der Waals surface area (Å²) >= 11 is 4.06. The molecule has 16 heavy (non-hydrogen) atoms. The van der Waals surface area contributed by atoms with E-state index in [1.165, 1.54) is 7.89 Å². The van der Waals surface area contributed by atoms with Crippen LogP contribution in [0.3, 0.4) is 0 Å². The molecule has 6 heteroatoms. The molecule has 1 aromatic rings. The molecule has 1 aliphatic heterocycles. The molecule has 0 unspecified atom stereocenters. The topological polar surface area (TPSA) is 43.2 Å². The lowest BCUT2D eigenvalue weighted by Gasteiger charge is -2.32. The third-order valence-electron chi connectivity index (χ3n) is 2.64. The van der Waals surface area contributed by atoms with Gasteiger partial charge in [-0.1, -0.05) is 0 Å². The van der Waals surface area contributed by atoms with Crippen molar-refractivity contribution in [1.29, 1.82) is 5.26 Å². The molecule has 0 aromatic carbocycles. The highest BCUT2D eigenvalue weighted by atomic mass is 127. The molecule has 0 amide bonds. The summed E-state index contributed by atoms with van der Waals surface area (Å²) in [7, 11) is 0. The Kier molecular flexibility index (Phi) is 4.52. The van der Waals surface area contributed by atoms with E-state index in [0.29, 0.717) is 6.54 Å². The quantitative estimate of drug-likeness (QED) is 0.612. The fraction of sp³-hybridized carbons (Fsp3) is 0.600. The molecule has 4 nitrogen and oxygen atoms in total. The van der Waals surface area contributed by atoms with Gasteiger partial charge < -0.3 is 0 Å². The molecule has 0 spiro atoms. The number of halogens is 1. The number of nitriles is 1. The first-order chi connectivity index (χ1) is 7.78. The molecule has 0 radical (unpaired) electrons. The van der Waals surface area contributed by atoms with E-state index in [1.807, 2.05) is 6.20 Å². The van der Waals surface area contributed by atoms with Crippen molar-refractivity contribution in [3.63, 3.8) is 0 Å². The van der Waals surface area contributed by atoms with Gasteiger partial charge in [0.25, 0.3) is 0 Å². The Bertz CT molecular complexity index is 378. The molecule has 1 saturated heterocycles. The van der Waals surface area contributed by atoms with Gasteiger partial charge in [-0.05, 0) is 22.6 Å². The van der Waals surface area contributed by atoms with Crippen molar-refractivity contribution in [3.05, 3.63) is 14.1 Å². The minimum Gasteiger partial charge on any atom is -0.294 e. The van der Waals surface area contributed by atoms with Crippen molar-refractivity contribution in [3.8, 4) is 6.07 Å². The van der Waals surface area contributed by atoms with Crippen LogP contribution >= 0.6 is 33.9 Å². The molecule has 0 saturated carbocycles. The van der Waals surface area contributed by atoms with Crippen LogP contribution in [0, 0.1) is 14.2 Å². The van der Waals surface area contributed by atoms with Crippen LogP contribution in [0.15, 0.2) is 6.20 Å². The smallest absolute Gasteiger partial charge is 0.108 e. The number of nitrogens with zero attached hydrogens (tertiary/aromatic N) is 4. The van der Waals surface area contributed by atoms with E-state index < -0.39 is 0 Å². The normalized spacial score (nSPS) is 18.5. The molecule has 2 rings (SSSR count). The average molecular weight is 348 g/mol. The fourth-order valence-corrected chi connectivity index (χ4v) is 3.34. The van der Waals surface area contributed by atoms with E-state index in [-0.39, 0.29) is 0 Å². The van der Waals surface area contributed by atoms with E-state index in [2.05, 4.69) is 43.4 Å². The van der Waals surface area contributed by atoms with Gasteiger partial charge in [-0.15, -0.1) is 11.3 Å². The third kappa shape index (κ3) is 3.38. The lowest BCUT2D eigenvalue weighted by atomic mass is 10.3. The van der Waals surface area contributed by atoms with E-state index in [0.717, 1.165) is 32.7 Å². The van der Waals surface area contributed by atoms with E-state index in [1.54, 1.807) is 11.3 Å². The Morgan fingerprint density at radius 3 is 2.62 bits per heavy atom. The number of aromatic nitrogens is 1. The zero-order chi connectivity index (χ0) is 11.4. The summed E-state index contributed by atoms with van der Waals surface area (Å²) < 4.78 is 1.25. The van der Waals surface area contributed by atoms with Crippen LogP contribution in [0.4, 0.5) is 0 Å². The van der Waals surface area contributed by atoms with Gasteiger partial charge in [0.1, 0.15) is 5.01 Å². The molecule has 86 valence electrons. The predicted molar refractivity (Wildman–Crippen MR) is 72.2 cm³/mol. The highest BCUT2D eigenvalue weighted by Gasteiger charge is 2.17. The summed E-state index contributed by atoms with van der Waals surface area (Å²) in [6, 6.07) is 2.20. The first kappa shape index (κ1) is 12.2. The predicted octanol–water partition coefficient (Wildman–Crippen LogP) is 1.39. The maximum atomic E-state index is 8.61. The van der Waals surface area contributed by atoms with Gasteiger partial charge in [0.05, 0.1) is 28.2 Å². The highest BCUT2D eigenvalue weighted by Crippen LogP contribution is 2.17. The molecule has 0 atom stereocenters. The van der Waals surface area contributed by atoms with Gasteiger partial charge >= 0.3 is 0 Å². The SMILES string of the molecule is N#CCN1CCN(Cc2ncc(I)s2)CC1. The van der Waals surface area contributed by atoms with Crippen LogP contribution in [-0.2, 0) is 6.54 Å². The highest BCUT2D eigenvalue weighted by molar-refractivity contribution is 14.1. The van der Waals surface area contributed by atoms with Gasteiger partial charge in [-0.2, -0.15) is 5.26 Å². The first-order valence-electron chi connectivity index (χ1n) is 5.20. The second-order valence-electron chi connectivity index (χ2n) is 3.77. The van der Waals surface area contributed by atoms with Crippen molar-refractivity contribution >= 4 is 33.9 Å². The van der Waals surface area contributed by atoms with Crippen molar-refractivity contribution in [2.24, 2.45) is 0 Å². The van der Waals surface area contributed by atoms with Crippen LogP contribution in [0.5, 0.6) is 0 Å². The zero-order valence-electron chi connectivity index (χ0n) is 8.90. The van der Waals surface area contributed by atoms with Crippen molar-refractivity contribution in [2.75, 3.05) is 32.7 Å². The van der Waals surface area contributed by atoms with Crippen LogP contribution in [0.1, 0.15) is 5.01 Å². The van der Waals surface area contributed by atoms with E-state index in [4.69, 9.17) is 5.26 Å². The molecule has 1 aromatic heterocycles. The molecule has 1 aliphatic rings. The van der Waals surface area contributed by atoms with Gasteiger partial charge in [-0.25, -0.2) is 4.98 Å². The number of piperazine rings is 1. The zero-order valence-corrected chi connectivity index (χ0v) is 11.9. The van der Waals surface area contributed by atoms with Crippen molar-refractivity contribution < 1.29 is 0 Å². The standard InChI is InChI=1S/C10H13IN4S/c11-9-7-13-10(16-9)8-15-5-3-14(2-1-12)4-6-15/h7H,2-6,8H2. The molecule has 0 N–H and O–H groups in total. The maximum absolute atomic E-state index is 8.61. The Balaban J connectivity index is 1.79. The third-order valence-corrected chi connectivity index (χ3v) is 4.35. The lowest BCUT2D eigenvalue weighted by Crippen LogP contribution is -2.45. The summed E-state index contributed by atoms with van der Waals surface area (Å²) in [4.78, 5) is 8.97. The molecule has 0 aliphatic carbocycles. The summed E-state index contributed by atoms with van der Waals surface area (Å²) in [6.07, 6.45) is 1.92. The van der Waals surface area contributed by atoms with Crippen LogP contribution < -0.4 is 0 Å². The minimum atomic E-state index is 0.559. The molecule has 0 bridgehead atoms. The van der Waals surface area contributed by atoms with Crippen molar-refractivity contribution in [2.45, 2.75) is 6.54 Å². The summed E-state index contributed by atoms with van der Waals surface area (Å²) in [5, 5.41) is 9.80. The van der Waals surface area contributed by atoms with Crippen molar-refractivity contribution in [1.82, 2.24) is 14.8 Å². The molecular formula is C10H13IN4S. The number of rotatable bonds is 3. The van der Waals surface area contributed by atoms with E-state index in [9.17, 15) is 0 Å². The lowest BCUT2D eigenvalue weighted by molar-refractivity contribution is 0.138. The minimum absolute atomic E-state index is 0.559. The second kappa shape index (κ2) is 5.91. The van der Waals surface area contributed by atoms with E-state index >= 15 is 0 Å². The molecule has 2 heterocycles. The summed E-state index contributed by atoms with van der Waals surface area (Å²) in [5.41, 5.74) is 0. The molecular weight excluding hydrogens is 335 g/mol. The maximum Gasteiger partial charge on any atom is 0.108 e. The van der Waals surface area contributed by atoms with Crippen LogP contribution in [0.25, 0.3) is 0 Å². The first-order valence-corrected chi connectivity index (χ1v) is 7.09.